The zero-order valence-corrected chi connectivity index (χ0v) is 12.0. The Hall–Kier alpha value is -2.21. The normalized spacial score (nSPS) is 36.7. The van der Waals surface area contributed by atoms with Crippen molar-refractivity contribution in [1.82, 2.24) is 9.88 Å². The van der Waals surface area contributed by atoms with E-state index >= 15 is 0 Å². The van der Waals surface area contributed by atoms with Gasteiger partial charge in [-0.3, -0.25) is 9.78 Å². The van der Waals surface area contributed by atoms with Crippen molar-refractivity contribution in [3.63, 3.8) is 0 Å². The largest absolute Gasteiger partial charge is 0.550 e. The molecule has 2 fully saturated rings. The molecule has 1 aromatic rings. The summed E-state index contributed by atoms with van der Waals surface area (Å²) in [6, 6.07) is 3.55. The maximum atomic E-state index is 12.8. The first-order chi connectivity index (χ1) is 10.5. The fraction of sp³-hybridized carbons (Fsp3) is 0.438. The quantitative estimate of drug-likeness (QED) is 0.714. The van der Waals surface area contributed by atoms with Crippen LogP contribution in [0.2, 0.25) is 0 Å². The molecule has 1 spiro atoms. The topological polar surface area (TPSA) is 82.6 Å². The number of hydrogen-bond acceptors (Lipinski definition) is 5. The predicted octanol–water partition coefficient (Wildman–Crippen LogP) is -0.326. The SMILES string of the molecule is C[C@@H](c1ccncc1)N1C[C@@]23C=C[C@@H](O2)[C@H](C(=O)[O-])[C@@H]3C1=O. The molecule has 2 bridgehead atoms. The van der Waals surface area contributed by atoms with Gasteiger partial charge >= 0.3 is 0 Å². The Kier molecular flexibility index (Phi) is 2.69. The molecule has 6 nitrogen and oxygen atoms in total. The van der Waals surface area contributed by atoms with E-state index in [0.29, 0.717) is 6.54 Å². The van der Waals surface area contributed by atoms with Crippen molar-refractivity contribution in [1.29, 1.82) is 0 Å². The Bertz CT molecular complexity index is 674. The lowest BCUT2D eigenvalue weighted by Crippen LogP contribution is -2.45. The van der Waals surface area contributed by atoms with Gasteiger partial charge in [0.25, 0.3) is 0 Å². The molecule has 4 heterocycles. The minimum Gasteiger partial charge on any atom is -0.550 e. The smallest absolute Gasteiger partial charge is 0.230 e. The fourth-order valence-corrected chi connectivity index (χ4v) is 3.95. The third-order valence-electron chi connectivity index (χ3n) is 5.06. The second-order valence-corrected chi connectivity index (χ2v) is 6.14. The second-order valence-electron chi connectivity index (χ2n) is 6.14. The van der Waals surface area contributed by atoms with E-state index in [1.807, 2.05) is 25.1 Å². The highest BCUT2D eigenvalue weighted by atomic mass is 16.5. The Labute approximate surface area is 127 Å². The Morgan fingerprint density at radius 3 is 2.91 bits per heavy atom. The van der Waals surface area contributed by atoms with Crippen molar-refractivity contribution in [2.45, 2.75) is 24.7 Å². The number of carboxylic acid groups (broad SMARTS) is 1. The summed E-state index contributed by atoms with van der Waals surface area (Å²) in [4.78, 5) is 29.9. The number of hydrogen-bond donors (Lipinski definition) is 0. The minimum absolute atomic E-state index is 0.158. The van der Waals surface area contributed by atoms with Gasteiger partial charge < -0.3 is 19.5 Å². The molecule has 0 aliphatic carbocycles. The van der Waals surface area contributed by atoms with E-state index in [0.717, 1.165) is 5.56 Å². The van der Waals surface area contributed by atoms with E-state index in [4.69, 9.17) is 4.74 Å². The van der Waals surface area contributed by atoms with Gasteiger partial charge in [-0.25, -0.2) is 0 Å². The summed E-state index contributed by atoms with van der Waals surface area (Å²) >= 11 is 0. The molecule has 0 radical (unpaired) electrons. The number of carbonyl (C=O) groups is 2. The summed E-state index contributed by atoms with van der Waals surface area (Å²) in [6.07, 6.45) is 6.40. The maximum absolute atomic E-state index is 12.8. The van der Waals surface area contributed by atoms with Crippen LogP contribution in [-0.4, -0.2) is 40.0 Å². The molecule has 3 aliphatic heterocycles. The van der Waals surface area contributed by atoms with Gasteiger partial charge in [0.05, 0.1) is 24.6 Å². The molecule has 5 atom stereocenters. The van der Waals surface area contributed by atoms with Gasteiger partial charge in [-0.05, 0) is 24.6 Å². The van der Waals surface area contributed by atoms with Gasteiger partial charge in [0.15, 0.2) is 0 Å². The monoisotopic (exact) mass is 299 g/mol. The number of carbonyl (C=O) groups excluding carboxylic acids is 2. The molecule has 6 heteroatoms. The molecule has 0 N–H and O–H groups in total. The summed E-state index contributed by atoms with van der Waals surface area (Å²) in [7, 11) is 0. The first-order valence-corrected chi connectivity index (χ1v) is 7.32. The first-order valence-electron chi connectivity index (χ1n) is 7.32. The van der Waals surface area contributed by atoms with E-state index in [9.17, 15) is 14.7 Å². The summed E-state index contributed by atoms with van der Waals surface area (Å²) < 4.78 is 5.84. The van der Waals surface area contributed by atoms with Crippen LogP contribution in [0, 0.1) is 11.8 Å². The number of ether oxygens (including phenoxy) is 1. The third kappa shape index (κ3) is 1.61. The number of amides is 1. The molecular formula is C16H15N2O4-. The van der Waals surface area contributed by atoms with Crippen molar-refractivity contribution in [2.24, 2.45) is 11.8 Å². The van der Waals surface area contributed by atoms with E-state index in [-0.39, 0.29) is 11.9 Å². The van der Waals surface area contributed by atoms with Crippen LogP contribution >= 0.6 is 0 Å². The number of aromatic nitrogens is 1. The number of rotatable bonds is 3. The molecule has 1 amide bonds. The molecule has 3 aliphatic rings. The summed E-state index contributed by atoms with van der Waals surface area (Å²) in [6.45, 7) is 2.30. The molecule has 114 valence electrons. The van der Waals surface area contributed by atoms with Crippen LogP contribution in [0.5, 0.6) is 0 Å². The molecule has 0 saturated carbocycles. The van der Waals surface area contributed by atoms with Crippen molar-refractivity contribution in [2.75, 3.05) is 6.54 Å². The lowest BCUT2D eigenvalue weighted by atomic mass is 9.77. The molecular weight excluding hydrogens is 284 g/mol. The average molecular weight is 299 g/mol. The van der Waals surface area contributed by atoms with Crippen LogP contribution in [0.3, 0.4) is 0 Å². The number of likely N-dealkylation sites (tertiary alicyclic amines) is 1. The van der Waals surface area contributed by atoms with Gasteiger partial charge in [-0.1, -0.05) is 12.2 Å². The first kappa shape index (κ1) is 13.5. The van der Waals surface area contributed by atoms with Crippen LogP contribution in [0.25, 0.3) is 0 Å². The van der Waals surface area contributed by atoms with Crippen LogP contribution < -0.4 is 5.11 Å². The van der Waals surface area contributed by atoms with Crippen molar-refractivity contribution >= 4 is 11.9 Å². The lowest BCUT2D eigenvalue weighted by Gasteiger charge is -2.28. The molecule has 0 unspecified atom stereocenters. The predicted molar refractivity (Wildman–Crippen MR) is 73.1 cm³/mol. The molecule has 22 heavy (non-hydrogen) atoms. The molecule has 1 aromatic heterocycles. The van der Waals surface area contributed by atoms with Crippen molar-refractivity contribution < 1.29 is 19.4 Å². The number of aliphatic carboxylic acids is 1. The zero-order chi connectivity index (χ0) is 15.5. The standard InChI is InChI=1S/C16H16N2O4/c1-9(10-3-6-17-7-4-10)18-8-16-5-2-11(22-16)12(15(20)21)13(16)14(18)19/h2-7,9,11-13H,8H2,1H3,(H,20,21)/p-1/t9-,11+,12-,13+,16+/m0/s1. The third-order valence-corrected chi connectivity index (χ3v) is 5.06. The van der Waals surface area contributed by atoms with Gasteiger partial charge in [0.2, 0.25) is 5.91 Å². The highest BCUT2D eigenvalue weighted by molar-refractivity contribution is 5.90. The lowest BCUT2D eigenvalue weighted by molar-refractivity contribution is -0.313. The number of fused-ring (bicyclic) bond motifs is 1. The highest BCUT2D eigenvalue weighted by Crippen LogP contribution is 2.52. The van der Waals surface area contributed by atoms with Crippen LogP contribution in [0.15, 0.2) is 36.7 Å². The number of carboxylic acids is 1. The van der Waals surface area contributed by atoms with Crippen molar-refractivity contribution in [3.05, 3.63) is 42.2 Å². The fourth-order valence-electron chi connectivity index (χ4n) is 3.95. The van der Waals surface area contributed by atoms with E-state index in [1.54, 1.807) is 23.4 Å². The van der Waals surface area contributed by atoms with E-state index in [2.05, 4.69) is 4.98 Å². The molecule has 2 saturated heterocycles. The number of nitrogens with zero attached hydrogens (tertiary/aromatic N) is 2. The maximum Gasteiger partial charge on any atom is 0.230 e. The molecule has 0 aromatic carbocycles. The van der Waals surface area contributed by atoms with Gasteiger partial charge in [0.1, 0.15) is 5.60 Å². The Morgan fingerprint density at radius 1 is 1.50 bits per heavy atom. The average Bonchev–Trinajstić information content (AvgIpc) is 3.15. The van der Waals surface area contributed by atoms with Crippen LogP contribution in [0.4, 0.5) is 0 Å². The number of pyridine rings is 1. The van der Waals surface area contributed by atoms with Gasteiger partial charge in [0, 0.05) is 24.3 Å². The molecule has 4 rings (SSSR count). The van der Waals surface area contributed by atoms with Crippen LogP contribution in [0.1, 0.15) is 18.5 Å². The van der Waals surface area contributed by atoms with E-state index < -0.39 is 29.5 Å². The van der Waals surface area contributed by atoms with Crippen molar-refractivity contribution in [3.8, 4) is 0 Å². The zero-order valence-electron chi connectivity index (χ0n) is 12.0. The second kappa shape index (κ2) is 4.39. The highest BCUT2D eigenvalue weighted by Gasteiger charge is 2.65. The summed E-state index contributed by atoms with van der Waals surface area (Å²) in [5.41, 5.74) is 0.150. The Balaban J connectivity index is 1.68. The summed E-state index contributed by atoms with van der Waals surface area (Å²) in [5, 5.41) is 11.4. The van der Waals surface area contributed by atoms with Crippen LogP contribution in [-0.2, 0) is 14.3 Å². The van der Waals surface area contributed by atoms with E-state index in [1.165, 1.54) is 0 Å². The Morgan fingerprint density at radius 2 is 2.23 bits per heavy atom. The van der Waals surface area contributed by atoms with Gasteiger partial charge in [-0.15, -0.1) is 0 Å². The van der Waals surface area contributed by atoms with Gasteiger partial charge in [-0.2, -0.15) is 0 Å². The summed E-state index contributed by atoms with van der Waals surface area (Å²) in [5.74, 6) is -2.97. The minimum atomic E-state index is -1.21.